The number of hydrogen-bond acceptors (Lipinski definition) is 2. The number of carbonyl (C=O) groups excluding carboxylic acids is 1. The second kappa shape index (κ2) is 7.91. The van der Waals surface area contributed by atoms with Crippen LogP contribution in [0.15, 0.2) is 60.7 Å². The molecule has 3 heteroatoms. The maximum Gasteiger partial charge on any atom is 0.261 e. The Morgan fingerprint density at radius 1 is 0.958 bits per heavy atom. The van der Waals surface area contributed by atoms with E-state index in [9.17, 15) is 4.79 Å². The van der Waals surface area contributed by atoms with Crippen LogP contribution in [0.3, 0.4) is 0 Å². The van der Waals surface area contributed by atoms with Gasteiger partial charge in [0.15, 0.2) is 0 Å². The first-order valence-corrected chi connectivity index (χ1v) is 10.5. The number of rotatable bonds is 7. The van der Waals surface area contributed by atoms with Crippen molar-refractivity contribution in [2.75, 3.05) is 6.61 Å². The molecule has 2 aromatic carbocycles. The third-order valence-electron chi connectivity index (χ3n) is 4.54. The summed E-state index contributed by atoms with van der Waals surface area (Å²) in [7, 11) is -2.44. The molecule has 128 valence electrons. The molecule has 2 nitrogen and oxygen atoms in total. The average Bonchev–Trinajstić information content (AvgIpc) is 2.59. The highest BCUT2D eigenvalue weighted by molar-refractivity contribution is 6.99. The van der Waals surface area contributed by atoms with Gasteiger partial charge in [-0.05, 0) is 21.8 Å². The molecule has 0 aliphatic heterocycles. The zero-order valence-electron chi connectivity index (χ0n) is 15.2. The zero-order chi connectivity index (χ0) is 17.6. The van der Waals surface area contributed by atoms with Crippen LogP contribution >= 0.6 is 0 Å². The van der Waals surface area contributed by atoms with E-state index in [4.69, 9.17) is 4.43 Å². The fourth-order valence-electron chi connectivity index (χ4n) is 3.23. The van der Waals surface area contributed by atoms with Crippen molar-refractivity contribution in [2.45, 2.75) is 39.2 Å². The predicted molar refractivity (Wildman–Crippen MR) is 103 cm³/mol. The first-order valence-electron chi connectivity index (χ1n) is 8.62. The van der Waals surface area contributed by atoms with Crippen LogP contribution in [-0.4, -0.2) is 21.2 Å². The number of aldehydes is 1. The van der Waals surface area contributed by atoms with E-state index in [1.807, 2.05) is 19.1 Å². The topological polar surface area (TPSA) is 26.3 Å². The third kappa shape index (κ3) is 3.85. The largest absolute Gasteiger partial charge is 0.407 e. The van der Waals surface area contributed by atoms with Crippen LogP contribution in [0, 0.1) is 5.92 Å². The Balaban J connectivity index is 2.51. The third-order valence-corrected chi connectivity index (χ3v) is 9.58. The Morgan fingerprint density at radius 3 is 1.79 bits per heavy atom. The minimum absolute atomic E-state index is 0.0138. The van der Waals surface area contributed by atoms with Crippen LogP contribution in [0.5, 0.6) is 0 Å². The van der Waals surface area contributed by atoms with E-state index < -0.39 is 8.32 Å². The van der Waals surface area contributed by atoms with Crippen molar-refractivity contribution in [3.8, 4) is 0 Å². The summed E-state index contributed by atoms with van der Waals surface area (Å²) in [5.74, 6) is 0.0308. The highest BCUT2D eigenvalue weighted by atomic mass is 28.4. The van der Waals surface area contributed by atoms with E-state index in [2.05, 4.69) is 69.3 Å². The van der Waals surface area contributed by atoms with Gasteiger partial charge in [0.25, 0.3) is 8.32 Å². The summed E-state index contributed by atoms with van der Waals surface area (Å²) in [5.41, 5.74) is 0. The van der Waals surface area contributed by atoms with Crippen molar-refractivity contribution in [1.82, 2.24) is 0 Å². The van der Waals surface area contributed by atoms with Gasteiger partial charge in [0.1, 0.15) is 6.29 Å². The normalized spacial score (nSPS) is 13.5. The quantitative estimate of drug-likeness (QED) is 0.566. The molecule has 0 bridgehead atoms. The van der Waals surface area contributed by atoms with Gasteiger partial charge >= 0.3 is 0 Å². The summed E-state index contributed by atoms with van der Waals surface area (Å²) in [4.78, 5) is 11.0. The van der Waals surface area contributed by atoms with Crippen LogP contribution in [0.25, 0.3) is 0 Å². The van der Waals surface area contributed by atoms with Crippen molar-refractivity contribution >= 4 is 25.0 Å². The molecule has 0 fully saturated rings. The van der Waals surface area contributed by atoms with E-state index in [0.717, 1.165) is 12.7 Å². The van der Waals surface area contributed by atoms with Crippen LogP contribution in [-0.2, 0) is 9.22 Å². The van der Waals surface area contributed by atoms with Gasteiger partial charge in [-0.25, -0.2) is 0 Å². The van der Waals surface area contributed by atoms with Gasteiger partial charge < -0.3 is 9.22 Å². The Hall–Kier alpha value is -1.71. The fraction of sp³-hybridized carbons (Fsp3) is 0.381. The zero-order valence-corrected chi connectivity index (χ0v) is 16.2. The van der Waals surface area contributed by atoms with Crippen molar-refractivity contribution in [2.24, 2.45) is 5.92 Å². The van der Waals surface area contributed by atoms with Crippen molar-refractivity contribution < 1.29 is 9.22 Å². The Labute approximate surface area is 147 Å². The predicted octanol–water partition coefficient (Wildman–Crippen LogP) is 3.79. The maximum atomic E-state index is 11.0. The molecule has 0 radical (unpaired) electrons. The molecule has 0 amide bonds. The lowest BCUT2D eigenvalue weighted by Crippen LogP contribution is -2.66. The average molecular weight is 341 g/mol. The molecule has 2 rings (SSSR count). The fourth-order valence-corrected chi connectivity index (χ4v) is 7.81. The Morgan fingerprint density at radius 2 is 1.42 bits per heavy atom. The monoisotopic (exact) mass is 340 g/mol. The van der Waals surface area contributed by atoms with Crippen molar-refractivity contribution in [1.29, 1.82) is 0 Å². The first kappa shape index (κ1) is 18.6. The highest BCUT2D eigenvalue weighted by Crippen LogP contribution is 2.36. The minimum atomic E-state index is -2.44. The van der Waals surface area contributed by atoms with Gasteiger partial charge in [-0.3, -0.25) is 0 Å². The lowest BCUT2D eigenvalue weighted by molar-refractivity contribution is -0.111. The van der Waals surface area contributed by atoms with Gasteiger partial charge in [0, 0.05) is 12.5 Å². The Bertz CT molecular complexity index is 592. The SMILES string of the molecule is CC(C=O)CCO[Si](c1ccccc1)(c1ccccc1)C(C)(C)C. The van der Waals surface area contributed by atoms with Crippen LogP contribution in [0.4, 0.5) is 0 Å². The lowest BCUT2D eigenvalue weighted by atomic mass is 10.1. The molecule has 0 saturated heterocycles. The first-order chi connectivity index (χ1) is 11.4. The summed E-state index contributed by atoms with van der Waals surface area (Å²) < 4.78 is 6.72. The second-order valence-corrected chi connectivity index (χ2v) is 11.7. The molecular weight excluding hydrogens is 312 g/mol. The van der Waals surface area contributed by atoms with Crippen molar-refractivity contribution in [3.05, 3.63) is 60.7 Å². The van der Waals surface area contributed by atoms with Gasteiger partial charge in [-0.15, -0.1) is 0 Å². The molecule has 0 aliphatic carbocycles. The second-order valence-electron chi connectivity index (χ2n) is 7.41. The summed E-state index contributed by atoms with van der Waals surface area (Å²) in [6, 6.07) is 21.2. The van der Waals surface area contributed by atoms with Gasteiger partial charge in [0.2, 0.25) is 0 Å². The van der Waals surface area contributed by atoms with E-state index in [1.165, 1.54) is 10.4 Å². The standard InChI is InChI=1S/C21H28O2Si/c1-18(17-22)15-16-23-24(21(2,3)4,19-11-7-5-8-12-19)20-13-9-6-10-14-20/h5-14,17-18H,15-16H2,1-4H3. The lowest BCUT2D eigenvalue weighted by Gasteiger charge is -2.43. The number of hydrogen-bond donors (Lipinski definition) is 0. The molecule has 0 spiro atoms. The molecule has 0 N–H and O–H groups in total. The molecule has 0 saturated carbocycles. The van der Waals surface area contributed by atoms with Gasteiger partial charge in [-0.1, -0.05) is 88.4 Å². The van der Waals surface area contributed by atoms with Gasteiger partial charge in [0.05, 0.1) is 0 Å². The van der Waals surface area contributed by atoms with E-state index >= 15 is 0 Å². The molecule has 0 heterocycles. The molecule has 24 heavy (non-hydrogen) atoms. The smallest absolute Gasteiger partial charge is 0.261 e. The molecule has 1 atom stereocenters. The molecule has 2 aromatic rings. The van der Waals surface area contributed by atoms with E-state index in [1.54, 1.807) is 0 Å². The molecule has 0 aromatic heterocycles. The van der Waals surface area contributed by atoms with Crippen molar-refractivity contribution in [3.63, 3.8) is 0 Å². The van der Waals surface area contributed by atoms with Crippen LogP contribution in [0.1, 0.15) is 34.1 Å². The summed E-state index contributed by atoms with van der Waals surface area (Å²) in [6.45, 7) is 9.35. The maximum absolute atomic E-state index is 11.0. The molecular formula is C21H28O2Si. The minimum Gasteiger partial charge on any atom is -0.407 e. The molecule has 1 unspecified atom stereocenters. The van der Waals surface area contributed by atoms with E-state index in [-0.39, 0.29) is 11.0 Å². The summed E-state index contributed by atoms with van der Waals surface area (Å²) >= 11 is 0. The van der Waals surface area contributed by atoms with E-state index in [0.29, 0.717) is 6.61 Å². The molecule has 0 aliphatic rings. The Kier molecular flexibility index (Phi) is 6.14. The summed E-state index contributed by atoms with van der Waals surface area (Å²) in [6.07, 6.45) is 1.77. The highest BCUT2D eigenvalue weighted by Gasteiger charge is 2.49. The van der Waals surface area contributed by atoms with Crippen LogP contribution in [0.2, 0.25) is 5.04 Å². The van der Waals surface area contributed by atoms with Gasteiger partial charge in [-0.2, -0.15) is 0 Å². The number of carbonyl (C=O) groups is 1. The summed E-state index contributed by atoms with van der Waals surface area (Å²) in [5, 5.41) is 2.55. The van der Waals surface area contributed by atoms with Crippen LogP contribution < -0.4 is 10.4 Å². The number of benzene rings is 2.